The first kappa shape index (κ1) is 29.1. The number of carbonyl (C=O) groups is 2. The molecular weight excluding hydrogens is 516 g/mol. The number of hydrogen-bond acceptors (Lipinski definition) is 13. The van der Waals surface area contributed by atoms with Gasteiger partial charge in [0.25, 0.3) is 0 Å². The van der Waals surface area contributed by atoms with Crippen molar-refractivity contribution in [2.24, 2.45) is 20.0 Å². The van der Waals surface area contributed by atoms with Gasteiger partial charge in [-0.1, -0.05) is 0 Å². The van der Waals surface area contributed by atoms with E-state index in [9.17, 15) is 35.1 Å². The van der Waals surface area contributed by atoms with Crippen LogP contribution in [0.3, 0.4) is 0 Å². The maximum absolute atomic E-state index is 11.1. The second-order valence-electron chi connectivity index (χ2n) is 8.20. The van der Waals surface area contributed by atoms with Crippen molar-refractivity contribution in [3.8, 4) is 22.6 Å². The summed E-state index contributed by atoms with van der Waals surface area (Å²) in [6, 6.07) is 5.93. The van der Waals surface area contributed by atoms with Gasteiger partial charge in [-0.3, -0.25) is 24.8 Å². The molecule has 1 aliphatic rings. The Balaban J connectivity index is 2.11. The minimum Gasteiger partial charge on any atom is -0.830 e. The van der Waals surface area contributed by atoms with Crippen LogP contribution >= 0.6 is 0 Å². The van der Waals surface area contributed by atoms with Crippen LogP contribution in [0.15, 0.2) is 44.2 Å². The number of benzene rings is 2. The summed E-state index contributed by atoms with van der Waals surface area (Å²) in [5, 5.41) is 72.0. The number of hydrogen-bond donors (Lipinski definition) is 4. The zero-order valence-electron chi connectivity index (χ0n) is 20.2. The standard InChI is InChI=1S/C25H24N4O10/c30-20(31)10-27-6-16-2-13(1-15(23(16)36)5-26-9-19-25(38)39-19)14-3-17(7-28-11-21(32)33)24(37)18(4-14)8-29-12-22(34)35/h1-8,19,21,25,32,36-37H,9-12H2,(H,30,31)(H,34,35)/q-2/p-1. The topological polar surface area (TPSA) is 246 Å². The molecule has 1 heterocycles. The number of carboxylic acid groups (broad SMARTS) is 2. The summed E-state index contributed by atoms with van der Waals surface area (Å²) in [6.45, 7) is -1.66. The Hall–Kier alpha value is -4.50. The van der Waals surface area contributed by atoms with Crippen molar-refractivity contribution in [1.82, 2.24) is 0 Å². The third-order valence-corrected chi connectivity index (χ3v) is 5.12. The minimum absolute atomic E-state index is 0.0571. The van der Waals surface area contributed by atoms with Gasteiger partial charge >= 0.3 is 5.97 Å². The summed E-state index contributed by atoms with van der Waals surface area (Å²) in [5.41, 5.74) is 1.32. The van der Waals surface area contributed by atoms with E-state index in [0.717, 1.165) is 18.6 Å². The van der Waals surface area contributed by atoms with Gasteiger partial charge in [0.1, 0.15) is 18.0 Å². The fourth-order valence-electron chi connectivity index (χ4n) is 3.28. The maximum Gasteiger partial charge on any atom is 0.325 e. The summed E-state index contributed by atoms with van der Waals surface area (Å²) in [6.07, 6.45) is 1.00. The zero-order chi connectivity index (χ0) is 28.5. The summed E-state index contributed by atoms with van der Waals surface area (Å²) in [7, 11) is 0. The van der Waals surface area contributed by atoms with Crippen molar-refractivity contribution in [1.29, 1.82) is 0 Å². The molecule has 3 unspecified atom stereocenters. The fourth-order valence-corrected chi connectivity index (χ4v) is 3.28. The van der Waals surface area contributed by atoms with Gasteiger partial charge in [-0.15, -0.1) is 0 Å². The third kappa shape index (κ3) is 8.79. The molecule has 206 valence electrons. The molecule has 3 atom stereocenters. The number of phenols is 2. The van der Waals surface area contributed by atoms with Gasteiger partial charge in [0, 0.05) is 59.9 Å². The van der Waals surface area contributed by atoms with E-state index < -0.39 is 50.3 Å². The smallest absolute Gasteiger partial charge is 0.325 e. The molecule has 1 aliphatic heterocycles. The van der Waals surface area contributed by atoms with Crippen molar-refractivity contribution < 1.29 is 50.1 Å². The number of aliphatic carboxylic acids is 2. The molecule has 2 aromatic rings. The second-order valence-corrected chi connectivity index (χ2v) is 8.20. The summed E-state index contributed by atoms with van der Waals surface area (Å²) in [4.78, 5) is 37.0. The van der Waals surface area contributed by atoms with Gasteiger partial charge in [-0.05, 0) is 41.7 Å². The molecule has 0 aromatic heterocycles. The number of aromatic hydroxyl groups is 2. The second kappa shape index (κ2) is 13.3. The molecule has 0 saturated carbocycles. The predicted molar refractivity (Wildman–Crippen MR) is 132 cm³/mol. The van der Waals surface area contributed by atoms with Crippen LogP contribution < -0.4 is 15.3 Å². The largest absolute Gasteiger partial charge is 0.830 e. The first-order valence-corrected chi connectivity index (χ1v) is 11.4. The molecule has 2 aromatic carbocycles. The zero-order valence-corrected chi connectivity index (χ0v) is 20.2. The molecular formula is C25H23N4O10-3. The monoisotopic (exact) mass is 539 g/mol. The molecule has 3 rings (SSSR count). The highest BCUT2D eigenvalue weighted by Gasteiger charge is 2.27. The van der Waals surface area contributed by atoms with Gasteiger partial charge < -0.3 is 45.3 Å². The minimum atomic E-state index is -1.97. The average Bonchev–Trinajstić information content (AvgIpc) is 3.56. The number of aliphatic imine (C=N–C) groups is 4. The molecule has 1 saturated heterocycles. The highest BCUT2D eigenvalue weighted by Crippen LogP contribution is 2.33. The van der Waals surface area contributed by atoms with E-state index in [1.54, 1.807) is 0 Å². The van der Waals surface area contributed by atoms with E-state index in [0.29, 0.717) is 11.1 Å². The van der Waals surface area contributed by atoms with Crippen LogP contribution in [0.2, 0.25) is 0 Å². The average molecular weight is 539 g/mol. The first-order chi connectivity index (χ1) is 18.5. The van der Waals surface area contributed by atoms with E-state index in [2.05, 4.69) is 20.0 Å². The number of epoxide rings is 1. The molecule has 0 radical (unpaired) electrons. The van der Waals surface area contributed by atoms with Gasteiger partial charge in [0.05, 0.1) is 25.2 Å². The van der Waals surface area contributed by atoms with Crippen LogP contribution in [-0.2, 0) is 14.3 Å². The molecule has 0 amide bonds. The molecule has 14 heteroatoms. The van der Waals surface area contributed by atoms with Crippen LogP contribution in [-0.4, -0.2) is 102 Å². The first-order valence-electron chi connectivity index (χ1n) is 11.4. The molecule has 0 spiro atoms. The van der Waals surface area contributed by atoms with Crippen LogP contribution in [0.4, 0.5) is 0 Å². The lowest BCUT2D eigenvalue weighted by Crippen LogP contribution is -2.27. The number of carbonyl (C=O) groups excluding carboxylic acids is 1. The summed E-state index contributed by atoms with van der Waals surface area (Å²) in [5.74, 6) is -3.25. The van der Waals surface area contributed by atoms with Crippen LogP contribution in [0, 0.1) is 0 Å². The lowest BCUT2D eigenvalue weighted by Gasteiger charge is -2.13. The lowest BCUT2D eigenvalue weighted by atomic mass is 9.95. The van der Waals surface area contributed by atoms with Gasteiger partial charge in [0.15, 0.2) is 0 Å². The van der Waals surface area contributed by atoms with E-state index >= 15 is 0 Å². The molecule has 14 nitrogen and oxygen atoms in total. The van der Waals surface area contributed by atoms with Gasteiger partial charge in [-0.2, -0.15) is 0 Å². The molecule has 1 fully saturated rings. The quantitative estimate of drug-likeness (QED) is 0.114. The Kier molecular flexibility index (Phi) is 9.94. The predicted octanol–water partition coefficient (Wildman–Crippen LogP) is -2.96. The molecule has 39 heavy (non-hydrogen) atoms. The van der Waals surface area contributed by atoms with Crippen molar-refractivity contribution in [3.63, 3.8) is 0 Å². The van der Waals surface area contributed by atoms with Gasteiger partial charge in [-0.25, -0.2) is 0 Å². The number of phenolic OH excluding ortho intramolecular Hbond substituents is 2. The summed E-state index contributed by atoms with van der Waals surface area (Å²) < 4.78 is 4.77. The van der Waals surface area contributed by atoms with E-state index in [-0.39, 0.29) is 40.3 Å². The highest BCUT2D eigenvalue weighted by atomic mass is 16.7. The van der Waals surface area contributed by atoms with E-state index in [1.807, 2.05) is 0 Å². The normalized spacial score (nSPS) is 18.0. The van der Waals surface area contributed by atoms with Crippen molar-refractivity contribution in [3.05, 3.63) is 46.5 Å². The SMILES string of the molecule is O=C([O-])CN=Cc1cc(-c2cc(C=NCC(=O)O)c(O)c(C=NCC([O-])O)c2)cc(C=NCC2OC2[O-])c1O. The Morgan fingerprint density at radius 1 is 0.872 bits per heavy atom. The van der Waals surface area contributed by atoms with Crippen molar-refractivity contribution in [2.45, 2.75) is 18.7 Å². The van der Waals surface area contributed by atoms with Crippen LogP contribution in [0.5, 0.6) is 11.5 Å². The number of nitrogens with zero attached hydrogens (tertiary/aromatic N) is 4. The number of aliphatic hydroxyl groups excluding tert-OH is 1. The Labute approximate surface area is 221 Å². The number of aliphatic hydroxyl groups is 1. The Bertz CT molecular complexity index is 1340. The van der Waals surface area contributed by atoms with Crippen molar-refractivity contribution >= 4 is 36.8 Å². The number of carboxylic acids is 2. The van der Waals surface area contributed by atoms with Crippen LogP contribution in [0.1, 0.15) is 22.3 Å². The Morgan fingerprint density at radius 3 is 1.72 bits per heavy atom. The van der Waals surface area contributed by atoms with Gasteiger partial charge in [0.2, 0.25) is 0 Å². The van der Waals surface area contributed by atoms with Crippen molar-refractivity contribution in [2.75, 3.05) is 26.2 Å². The molecule has 0 aliphatic carbocycles. The number of rotatable bonds is 13. The maximum atomic E-state index is 11.1. The highest BCUT2D eigenvalue weighted by molar-refractivity contribution is 5.98. The van der Waals surface area contributed by atoms with E-state index in [1.165, 1.54) is 30.5 Å². The molecule has 4 N–H and O–H groups in total. The number of ether oxygens (including phenoxy) is 1. The fraction of sp³-hybridized carbons (Fsp3) is 0.280. The lowest BCUT2D eigenvalue weighted by molar-refractivity contribution is -0.477. The van der Waals surface area contributed by atoms with E-state index in [4.69, 9.17) is 14.9 Å². The Morgan fingerprint density at radius 2 is 1.31 bits per heavy atom. The third-order valence-electron chi connectivity index (χ3n) is 5.12. The van der Waals surface area contributed by atoms with Crippen LogP contribution in [0.25, 0.3) is 11.1 Å². The summed E-state index contributed by atoms with van der Waals surface area (Å²) >= 11 is 0. The molecule has 0 bridgehead atoms.